The van der Waals surface area contributed by atoms with Gasteiger partial charge in [0.05, 0.1) is 6.04 Å². The lowest BCUT2D eigenvalue weighted by molar-refractivity contribution is -0.143. The van der Waals surface area contributed by atoms with E-state index in [1.165, 1.54) is 0 Å². The van der Waals surface area contributed by atoms with Crippen LogP contribution in [0, 0.1) is 0 Å². The molecule has 0 radical (unpaired) electrons. The smallest absolute Gasteiger partial charge is 0.326 e. The van der Waals surface area contributed by atoms with Gasteiger partial charge in [0.25, 0.3) is 11.8 Å². The summed E-state index contributed by atoms with van der Waals surface area (Å²) in [5.41, 5.74) is 1.63. The van der Waals surface area contributed by atoms with E-state index in [1.54, 1.807) is 60.7 Å². The first-order valence-electron chi connectivity index (χ1n) is 11.5. The Morgan fingerprint density at radius 3 is 2.03 bits per heavy atom. The second kappa shape index (κ2) is 11.3. The maximum atomic E-state index is 13.1. The zero-order chi connectivity index (χ0) is 25.5. The van der Waals surface area contributed by atoms with E-state index >= 15 is 0 Å². The Bertz CT molecular complexity index is 1350. The Hall–Kier alpha value is -4.49. The molecule has 0 heterocycles. The summed E-state index contributed by atoms with van der Waals surface area (Å²) in [4.78, 5) is 37.9. The molecule has 0 aliphatic heterocycles. The molecule has 0 aromatic heterocycles. The number of rotatable bonds is 9. The minimum absolute atomic E-state index is 0.0293. The molecule has 4 aromatic rings. The average Bonchev–Trinajstić information content (AvgIpc) is 2.91. The number of carboxylic acids is 1. The summed E-state index contributed by atoms with van der Waals surface area (Å²) in [6, 6.07) is 27.8. The summed E-state index contributed by atoms with van der Waals surface area (Å²) in [6.45, 7) is 0. The topological polar surface area (TPSA) is 116 Å². The molecule has 182 valence electrons. The highest BCUT2D eigenvalue weighted by Crippen LogP contribution is 2.21. The van der Waals surface area contributed by atoms with E-state index in [4.69, 9.17) is 0 Å². The number of carboxylic acid groups (broad SMARTS) is 1. The molecule has 4 aromatic carbocycles. The van der Waals surface area contributed by atoms with Crippen molar-refractivity contribution < 1.29 is 24.6 Å². The van der Waals surface area contributed by atoms with Crippen molar-refractivity contribution in [2.24, 2.45) is 0 Å². The van der Waals surface area contributed by atoms with Gasteiger partial charge in [-0.15, -0.1) is 0 Å². The maximum Gasteiger partial charge on any atom is 0.326 e. The van der Waals surface area contributed by atoms with E-state index in [0.717, 1.165) is 16.3 Å². The van der Waals surface area contributed by atoms with Crippen LogP contribution in [-0.4, -0.2) is 40.1 Å². The molecule has 7 nitrogen and oxygen atoms in total. The normalized spacial score (nSPS) is 13.4. The van der Waals surface area contributed by atoms with Crippen LogP contribution in [0.25, 0.3) is 10.8 Å². The third-order valence-corrected chi connectivity index (χ3v) is 5.98. The average molecular weight is 483 g/mol. The number of hydrogen-bond acceptors (Lipinski definition) is 4. The summed E-state index contributed by atoms with van der Waals surface area (Å²) >= 11 is 0. The van der Waals surface area contributed by atoms with Gasteiger partial charge in [-0.2, -0.15) is 0 Å². The van der Waals surface area contributed by atoms with Crippen LogP contribution in [0.15, 0.2) is 103 Å². The summed E-state index contributed by atoms with van der Waals surface area (Å²) in [6.07, 6.45) is -1.70. The van der Waals surface area contributed by atoms with Gasteiger partial charge in [-0.05, 0) is 34.0 Å². The van der Waals surface area contributed by atoms with Gasteiger partial charge >= 0.3 is 5.97 Å². The lowest BCUT2D eigenvalue weighted by Crippen LogP contribution is -2.50. The Morgan fingerprint density at radius 1 is 0.722 bits per heavy atom. The molecule has 0 aliphatic carbocycles. The zero-order valence-electron chi connectivity index (χ0n) is 19.4. The van der Waals surface area contributed by atoms with Crippen molar-refractivity contribution in [2.75, 3.05) is 0 Å². The van der Waals surface area contributed by atoms with Crippen LogP contribution in [0.5, 0.6) is 0 Å². The number of aliphatic carboxylic acids is 1. The number of carbonyl (C=O) groups is 3. The number of amides is 2. The molecule has 7 heteroatoms. The second-order valence-corrected chi connectivity index (χ2v) is 8.41. The predicted octanol–water partition coefficient (Wildman–Crippen LogP) is 3.48. The van der Waals surface area contributed by atoms with Gasteiger partial charge in [-0.1, -0.05) is 91.0 Å². The predicted molar refractivity (Wildman–Crippen MR) is 136 cm³/mol. The van der Waals surface area contributed by atoms with Crippen molar-refractivity contribution in [3.05, 3.63) is 120 Å². The van der Waals surface area contributed by atoms with E-state index in [0.29, 0.717) is 11.1 Å². The van der Waals surface area contributed by atoms with Gasteiger partial charge in [0, 0.05) is 12.0 Å². The second-order valence-electron chi connectivity index (χ2n) is 8.41. The van der Waals surface area contributed by atoms with Crippen molar-refractivity contribution in [1.29, 1.82) is 0 Å². The molecule has 0 saturated heterocycles. The third-order valence-electron chi connectivity index (χ3n) is 5.98. The van der Waals surface area contributed by atoms with Crippen LogP contribution in [-0.2, 0) is 16.0 Å². The summed E-state index contributed by atoms with van der Waals surface area (Å²) in [7, 11) is 0. The number of aliphatic hydroxyl groups is 1. The Morgan fingerprint density at radius 2 is 1.33 bits per heavy atom. The largest absolute Gasteiger partial charge is 0.480 e. The molecule has 0 spiro atoms. The van der Waals surface area contributed by atoms with Crippen LogP contribution >= 0.6 is 0 Å². The molecule has 4 rings (SSSR count). The lowest BCUT2D eigenvalue weighted by Gasteiger charge is -2.25. The van der Waals surface area contributed by atoms with Crippen molar-refractivity contribution in [3.63, 3.8) is 0 Å². The number of nitrogens with one attached hydrogen (secondary N) is 2. The minimum Gasteiger partial charge on any atom is -0.480 e. The lowest BCUT2D eigenvalue weighted by atomic mass is 9.97. The van der Waals surface area contributed by atoms with Crippen LogP contribution in [0.1, 0.15) is 27.5 Å². The van der Waals surface area contributed by atoms with E-state index in [-0.39, 0.29) is 6.42 Å². The highest BCUT2D eigenvalue weighted by Gasteiger charge is 2.32. The molecule has 0 saturated carbocycles. The first-order chi connectivity index (χ1) is 17.4. The summed E-state index contributed by atoms with van der Waals surface area (Å²) in [5.74, 6) is -2.60. The molecule has 0 unspecified atom stereocenters. The fourth-order valence-corrected chi connectivity index (χ4v) is 4.12. The van der Waals surface area contributed by atoms with Crippen LogP contribution < -0.4 is 10.6 Å². The SMILES string of the molecule is O=C(N[C@@H](c1ccccc1)[C@@H](O)C(=O)N[C@H](Cc1cccc2ccccc12)C(=O)O)c1ccccc1. The summed E-state index contributed by atoms with van der Waals surface area (Å²) in [5, 5.41) is 27.8. The Labute approximate surface area is 208 Å². The maximum absolute atomic E-state index is 13.1. The monoisotopic (exact) mass is 482 g/mol. The summed E-state index contributed by atoms with van der Waals surface area (Å²) < 4.78 is 0. The van der Waals surface area contributed by atoms with Crippen molar-refractivity contribution in [2.45, 2.75) is 24.6 Å². The number of aliphatic hydroxyl groups excluding tert-OH is 1. The van der Waals surface area contributed by atoms with Gasteiger partial charge in [0.15, 0.2) is 6.10 Å². The molecule has 4 N–H and O–H groups in total. The number of benzene rings is 4. The first kappa shape index (κ1) is 24.6. The molecule has 3 atom stereocenters. The highest BCUT2D eigenvalue weighted by atomic mass is 16.4. The molecule has 0 bridgehead atoms. The molecule has 2 amide bonds. The minimum atomic E-state index is -1.73. The molecule has 0 fully saturated rings. The fraction of sp³-hybridized carbons (Fsp3) is 0.138. The molecular formula is C29H26N2O5. The van der Waals surface area contributed by atoms with Crippen molar-refractivity contribution >= 4 is 28.6 Å². The van der Waals surface area contributed by atoms with Crippen LogP contribution in [0.2, 0.25) is 0 Å². The van der Waals surface area contributed by atoms with Gasteiger partial charge in [-0.3, -0.25) is 9.59 Å². The number of fused-ring (bicyclic) bond motifs is 1. The Kier molecular flexibility index (Phi) is 7.72. The van der Waals surface area contributed by atoms with Gasteiger partial charge < -0.3 is 20.8 Å². The van der Waals surface area contributed by atoms with E-state index in [9.17, 15) is 24.6 Å². The van der Waals surface area contributed by atoms with Crippen LogP contribution in [0.4, 0.5) is 0 Å². The quantitative estimate of drug-likeness (QED) is 0.292. The van der Waals surface area contributed by atoms with E-state index < -0.39 is 36.0 Å². The van der Waals surface area contributed by atoms with Crippen molar-refractivity contribution in [1.82, 2.24) is 10.6 Å². The number of carbonyl (C=O) groups excluding carboxylic acids is 2. The van der Waals surface area contributed by atoms with Gasteiger partial charge in [-0.25, -0.2) is 4.79 Å². The number of hydrogen-bond donors (Lipinski definition) is 4. The van der Waals surface area contributed by atoms with E-state index in [1.807, 2.05) is 42.5 Å². The standard InChI is InChI=1S/C29H26N2O5/c32-26(25(20-11-3-1-4-12-20)31-27(33)21-13-5-2-6-14-21)28(34)30-24(29(35)36)18-22-16-9-15-19-10-7-8-17-23(19)22/h1-17,24-26,32H,18H2,(H,30,34)(H,31,33)(H,35,36)/t24-,25+,26-/m1/s1. The first-order valence-corrected chi connectivity index (χ1v) is 11.5. The molecular weight excluding hydrogens is 456 g/mol. The molecule has 0 aliphatic rings. The van der Waals surface area contributed by atoms with Crippen molar-refractivity contribution in [3.8, 4) is 0 Å². The molecule has 36 heavy (non-hydrogen) atoms. The van der Waals surface area contributed by atoms with Gasteiger partial charge in [0.2, 0.25) is 0 Å². The fourth-order valence-electron chi connectivity index (χ4n) is 4.12. The Balaban J connectivity index is 1.55. The highest BCUT2D eigenvalue weighted by molar-refractivity contribution is 5.95. The zero-order valence-corrected chi connectivity index (χ0v) is 19.4. The van der Waals surface area contributed by atoms with E-state index in [2.05, 4.69) is 10.6 Å². The van der Waals surface area contributed by atoms with Crippen LogP contribution in [0.3, 0.4) is 0 Å². The van der Waals surface area contributed by atoms with Gasteiger partial charge in [0.1, 0.15) is 6.04 Å². The third kappa shape index (κ3) is 5.76.